The number of likely N-dealkylation sites (tertiary alicyclic amines) is 1. The summed E-state index contributed by atoms with van der Waals surface area (Å²) in [6, 6.07) is 10.2. The minimum Gasteiger partial charge on any atom is -0.461 e. The van der Waals surface area contributed by atoms with Gasteiger partial charge in [0.05, 0.1) is 19.1 Å². The van der Waals surface area contributed by atoms with E-state index in [1.807, 2.05) is 31.2 Å². The molecular weight excluding hydrogens is 346 g/mol. The number of esters is 1. The van der Waals surface area contributed by atoms with Gasteiger partial charge in [0.2, 0.25) is 0 Å². The van der Waals surface area contributed by atoms with Crippen LogP contribution < -0.4 is 0 Å². The summed E-state index contributed by atoms with van der Waals surface area (Å²) in [6.07, 6.45) is 2.64. The third kappa shape index (κ3) is 6.24. The van der Waals surface area contributed by atoms with Gasteiger partial charge in [0.1, 0.15) is 6.61 Å². The molecule has 1 aromatic heterocycles. The number of piperidine rings is 1. The van der Waals surface area contributed by atoms with Crippen molar-refractivity contribution in [2.45, 2.75) is 45.4 Å². The Morgan fingerprint density at radius 2 is 1.92 bits per heavy atom. The van der Waals surface area contributed by atoms with Crippen LogP contribution in [0, 0.1) is 6.92 Å². The van der Waals surface area contributed by atoms with Crippen molar-refractivity contribution in [1.29, 1.82) is 0 Å². The molecule has 4 nitrogen and oxygen atoms in total. The van der Waals surface area contributed by atoms with Crippen LogP contribution >= 0.6 is 11.3 Å². The van der Waals surface area contributed by atoms with Crippen LogP contribution in [-0.4, -0.2) is 36.7 Å². The first kappa shape index (κ1) is 19.1. The highest BCUT2D eigenvalue weighted by atomic mass is 32.1. The second kappa shape index (κ2) is 9.86. The van der Waals surface area contributed by atoms with Gasteiger partial charge in [0, 0.05) is 19.6 Å². The average molecular weight is 374 g/mol. The van der Waals surface area contributed by atoms with Crippen LogP contribution in [0.4, 0.5) is 0 Å². The maximum Gasteiger partial charge on any atom is 0.308 e. The molecule has 0 amide bonds. The monoisotopic (exact) mass is 373 g/mol. The Balaban J connectivity index is 1.26. The van der Waals surface area contributed by atoms with Crippen molar-refractivity contribution in [3.05, 3.63) is 57.8 Å². The van der Waals surface area contributed by atoms with E-state index in [-0.39, 0.29) is 12.1 Å². The molecule has 1 aliphatic heterocycles. The molecule has 0 aliphatic carbocycles. The van der Waals surface area contributed by atoms with Gasteiger partial charge in [-0.3, -0.25) is 9.69 Å². The molecule has 2 heterocycles. The highest BCUT2D eigenvalue weighted by molar-refractivity contribution is 7.07. The summed E-state index contributed by atoms with van der Waals surface area (Å²) >= 11 is 1.75. The quantitative estimate of drug-likeness (QED) is 0.651. The normalized spacial score (nSPS) is 15.9. The predicted octanol–water partition coefficient (Wildman–Crippen LogP) is 4.17. The first-order chi connectivity index (χ1) is 12.7. The molecule has 0 N–H and O–H groups in total. The van der Waals surface area contributed by atoms with Crippen LogP contribution in [0.2, 0.25) is 0 Å². The number of ether oxygens (including phenoxy) is 2. The Kier molecular flexibility index (Phi) is 7.23. The van der Waals surface area contributed by atoms with Gasteiger partial charge >= 0.3 is 5.97 Å². The number of benzene rings is 1. The minimum absolute atomic E-state index is 0.194. The first-order valence-electron chi connectivity index (χ1n) is 9.25. The van der Waals surface area contributed by atoms with Crippen molar-refractivity contribution in [2.75, 3.05) is 19.7 Å². The summed E-state index contributed by atoms with van der Waals surface area (Å²) in [6.45, 7) is 5.96. The summed E-state index contributed by atoms with van der Waals surface area (Å²) in [5.41, 5.74) is 3.61. The van der Waals surface area contributed by atoms with Crippen LogP contribution in [-0.2, 0) is 27.4 Å². The predicted molar refractivity (Wildman–Crippen MR) is 104 cm³/mol. The molecule has 26 heavy (non-hydrogen) atoms. The van der Waals surface area contributed by atoms with E-state index in [2.05, 4.69) is 21.7 Å². The number of carbonyl (C=O) groups excluding carboxylic acids is 1. The topological polar surface area (TPSA) is 38.8 Å². The maximum absolute atomic E-state index is 11.8. The van der Waals surface area contributed by atoms with E-state index in [4.69, 9.17) is 9.47 Å². The number of hydrogen-bond acceptors (Lipinski definition) is 5. The highest BCUT2D eigenvalue weighted by Crippen LogP contribution is 2.17. The van der Waals surface area contributed by atoms with E-state index >= 15 is 0 Å². The zero-order chi connectivity index (χ0) is 18.2. The molecule has 0 saturated carbocycles. The van der Waals surface area contributed by atoms with Gasteiger partial charge in [0.25, 0.3) is 0 Å². The van der Waals surface area contributed by atoms with Crippen molar-refractivity contribution in [2.24, 2.45) is 0 Å². The van der Waals surface area contributed by atoms with Crippen LogP contribution in [0.1, 0.15) is 36.0 Å². The lowest BCUT2D eigenvalue weighted by Gasteiger charge is -2.31. The molecule has 3 rings (SSSR count). The molecule has 2 aromatic rings. The number of hydrogen-bond donors (Lipinski definition) is 0. The van der Waals surface area contributed by atoms with Crippen molar-refractivity contribution in [3.63, 3.8) is 0 Å². The average Bonchev–Trinajstić information content (AvgIpc) is 3.16. The zero-order valence-electron chi connectivity index (χ0n) is 15.4. The Labute approximate surface area is 159 Å². The van der Waals surface area contributed by atoms with Crippen LogP contribution in [0.25, 0.3) is 0 Å². The summed E-state index contributed by atoms with van der Waals surface area (Å²) in [4.78, 5) is 14.3. The molecule has 0 bridgehead atoms. The Morgan fingerprint density at radius 3 is 2.62 bits per heavy atom. The number of aryl methyl sites for hydroxylation is 1. The summed E-state index contributed by atoms with van der Waals surface area (Å²) in [5.74, 6) is -0.194. The standard InChI is InChI=1S/C21H27NO3S/c1-17-2-4-18(5-3-17)15-25-21(23)8-12-24-20-6-10-22(11-7-20)14-19-9-13-26-16-19/h2-5,9,13,16,20H,6-8,10-12,14-15H2,1H3. The first-order valence-corrected chi connectivity index (χ1v) is 10.2. The van der Waals surface area contributed by atoms with Gasteiger partial charge < -0.3 is 9.47 Å². The third-order valence-corrected chi connectivity index (χ3v) is 5.43. The van der Waals surface area contributed by atoms with Crippen LogP contribution in [0.3, 0.4) is 0 Å². The second-order valence-electron chi connectivity index (χ2n) is 6.87. The fraction of sp³-hybridized carbons (Fsp3) is 0.476. The van der Waals surface area contributed by atoms with Gasteiger partial charge in [0.15, 0.2) is 0 Å². The Bertz CT molecular complexity index is 661. The number of nitrogens with zero attached hydrogens (tertiary/aromatic N) is 1. The third-order valence-electron chi connectivity index (χ3n) is 4.70. The van der Waals surface area contributed by atoms with Gasteiger partial charge in [-0.1, -0.05) is 29.8 Å². The highest BCUT2D eigenvalue weighted by Gasteiger charge is 2.20. The fourth-order valence-electron chi connectivity index (χ4n) is 3.10. The van der Waals surface area contributed by atoms with Crippen molar-refractivity contribution >= 4 is 17.3 Å². The molecule has 5 heteroatoms. The molecule has 1 aliphatic rings. The summed E-state index contributed by atoms with van der Waals surface area (Å²) in [7, 11) is 0. The van der Waals surface area contributed by atoms with Crippen LogP contribution in [0.15, 0.2) is 41.1 Å². The largest absolute Gasteiger partial charge is 0.461 e. The Morgan fingerprint density at radius 1 is 1.15 bits per heavy atom. The molecule has 1 fully saturated rings. The number of rotatable bonds is 8. The number of carbonyl (C=O) groups is 1. The van der Waals surface area contributed by atoms with Gasteiger partial charge in [-0.15, -0.1) is 0 Å². The van der Waals surface area contributed by atoms with E-state index in [0.29, 0.717) is 19.6 Å². The van der Waals surface area contributed by atoms with Crippen molar-refractivity contribution in [1.82, 2.24) is 4.90 Å². The SMILES string of the molecule is Cc1ccc(COC(=O)CCOC2CCN(Cc3ccsc3)CC2)cc1. The smallest absolute Gasteiger partial charge is 0.308 e. The lowest BCUT2D eigenvalue weighted by molar-refractivity contribution is -0.146. The van der Waals surface area contributed by atoms with Crippen LogP contribution in [0.5, 0.6) is 0 Å². The maximum atomic E-state index is 11.8. The van der Waals surface area contributed by atoms with E-state index in [1.54, 1.807) is 11.3 Å². The lowest BCUT2D eigenvalue weighted by Crippen LogP contribution is -2.36. The number of thiophene rings is 1. The molecule has 0 atom stereocenters. The molecule has 0 unspecified atom stereocenters. The Hall–Kier alpha value is -1.69. The van der Waals surface area contributed by atoms with E-state index < -0.39 is 0 Å². The zero-order valence-corrected chi connectivity index (χ0v) is 16.2. The minimum atomic E-state index is -0.194. The molecule has 0 radical (unpaired) electrons. The molecule has 140 valence electrons. The van der Waals surface area contributed by atoms with E-state index in [0.717, 1.165) is 38.0 Å². The molecule has 0 spiro atoms. The lowest BCUT2D eigenvalue weighted by atomic mass is 10.1. The van der Waals surface area contributed by atoms with E-state index in [1.165, 1.54) is 11.1 Å². The molecule has 1 saturated heterocycles. The fourth-order valence-corrected chi connectivity index (χ4v) is 3.76. The van der Waals surface area contributed by atoms with Gasteiger partial charge in [-0.05, 0) is 47.7 Å². The van der Waals surface area contributed by atoms with Crippen molar-refractivity contribution in [3.8, 4) is 0 Å². The molecule has 1 aromatic carbocycles. The summed E-state index contributed by atoms with van der Waals surface area (Å²) in [5, 5.41) is 4.34. The van der Waals surface area contributed by atoms with Gasteiger partial charge in [-0.25, -0.2) is 0 Å². The molecular formula is C21H27NO3S. The van der Waals surface area contributed by atoms with Gasteiger partial charge in [-0.2, -0.15) is 11.3 Å². The summed E-state index contributed by atoms with van der Waals surface area (Å²) < 4.78 is 11.2. The van der Waals surface area contributed by atoms with E-state index in [9.17, 15) is 4.79 Å². The second-order valence-corrected chi connectivity index (χ2v) is 7.65. The van der Waals surface area contributed by atoms with Crippen molar-refractivity contribution < 1.29 is 14.3 Å².